The molecule has 7 nitrogen and oxygen atoms in total. The molecule has 0 bridgehead atoms. The van der Waals surface area contributed by atoms with E-state index in [1.165, 1.54) is 0 Å². The van der Waals surface area contributed by atoms with E-state index in [9.17, 15) is 23.2 Å². The number of rotatable bonds is 15. The Balaban J connectivity index is 2.12. The third-order valence-corrected chi connectivity index (χ3v) is 5.48. The number of carbonyl (C=O) groups is 3. The van der Waals surface area contributed by atoms with Gasteiger partial charge in [0.05, 0.1) is 18.6 Å². The molecule has 3 N–H and O–H groups in total. The van der Waals surface area contributed by atoms with E-state index in [0.717, 1.165) is 11.1 Å². The molecule has 3 atom stereocenters. The van der Waals surface area contributed by atoms with E-state index >= 15 is 0 Å². The Labute approximate surface area is 210 Å². The molecule has 0 aromatic heterocycles. The first-order valence-electron chi connectivity index (χ1n) is 11.9. The molecule has 2 rings (SSSR count). The first kappa shape index (κ1) is 29.1. The second-order valence-electron chi connectivity index (χ2n) is 9.04. The lowest BCUT2D eigenvalue weighted by Crippen LogP contribution is -2.51. The summed E-state index contributed by atoms with van der Waals surface area (Å²) in [6.07, 6.45) is 0.414. The molecule has 196 valence electrons. The molecular formula is C27H34F2N2O5. The van der Waals surface area contributed by atoms with Crippen LogP contribution in [0, 0.1) is 11.8 Å². The van der Waals surface area contributed by atoms with E-state index in [1.54, 1.807) is 0 Å². The number of alkyl halides is 2. The Hall–Kier alpha value is -3.17. The number of halogens is 2. The van der Waals surface area contributed by atoms with Gasteiger partial charge in [-0.3, -0.25) is 14.4 Å². The van der Waals surface area contributed by atoms with Gasteiger partial charge in [0.25, 0.3) is 0 Å². The van der Waals surface area contributed by atoms with E-state index in [-0.39, 0.29) is 31.1 Å². The average molecular weight is 505 g/mol. The van der Waals surface area contributed by atoms with Crippen LogP contribution in [0.1, 0.15) is 37.8 Å². The maximum absolute atomic E-state index is 13.3. The molecule has 36 heavy (non-hydrogen) atoms. The molecule has 0 unspecified atom stereocenters. The molecule has 0 radical (unpaired) electrons. The van der Waals surface area contributed by atoms with Gasteiger partial charge in [0.1, 0.15) is 12.6 Å². The maximum Gasteiger partial charge on any atom is 0.345 e. The molecule has 0 heterocycles. The molecule has 2 aromatic rings. The van der Waals surface area contributed by atoms with Crippen LogP contribution in [0.15, 0.2) is 60.7 Å². The number of amides is 1. The first-order valence-corrected chi connectivity index (χ1v) is 11.9. The van der Waals surface area contributed by atoms with Crippen molar-refractivity contribution >= 4 is 17.7 Å². The molecule has 0 saturated heterocycles. The second kappa shape index (κ2) is 15.1. The topological polar surface area (TPSA) is 108 Å². The van der Waals surface area contributed by atoms with Crippen LogP contribution in [-0.4, -0.2) is 43.0 Å². The van der Waals surface area contributed by atoms with Gasteiger partial charge in [-0.05, 0) is 29.9 Å². The van der Waals surface area contributed by atoms with Crippen LogP contribution in [0.4, 0.5) is 8.78 Å². The summed E-state index contributed by atoms with van der Waals surface area (Å²) < 4.78 is 34.2. The fourth-order valence-electron chi connectivity index (χ4n) is 3.64. The highest BCUT2D eigenvalue weighted by Gasteiger charge is 2.30. The van der Waals surface area contributed by atoms with Gasteiger partial charge in [-0.2, -0.15) is 8.78 Å². The monoisotopic (exact) mass is 504 g/mol. The zero-order valence-corrected chi connectivity index (χ0v) is 20.6. The second-order valence-corrected chi connectivity index (χ2v) is 9.04. The van der Waals surface area contributed by atoms with E-state index < -0.39 is 43.1 Å². The van der Waals surface area contributed by atoms with Crippen molar-refractivity contribution < 1.29 is 32.6 Å². The highest BCUT2D eigenvalue weighted by atomic mass is 19.3. The normalized spacial score (nSPS) is 13.8. The van der Waals surface area contributed by atoms with Crippen molar-refractivity contribution in [3.63, 3.8) is 0 Å². The van der Waals surface area contributed by atoms with Crippen LogP contribution in [0.2, 0.25) is 0 Å². The predicted molar refractivity (Wildman–Crippen MR) is 131 cm³/mol. The van der Waals surface area contributed by atoms with Crippen LogP contribution < -0.4 is 11.1 Å². The zero-order valence-electron chi connectivity index (χ0n) is 20.6. The number of ketones is 1. The minimum atomic E-state index is -3.06. The lowest BCUT2D eigenvalue weighted by molar-refractivity contribution is -0.151. The Morgan fingerprint density at radius 1 is 0.944 bits per heavy atom. The van der Waals surface area contributed by atoms with Crippen molar-refractivity contribution in [2.45, 2.75) is 58.4 Å². The van der Waals surface area contributed by atoms with Crippen LogP contribution in [0.25, 0.3) is 0 Å². The predicted octanol–water partition coefficient (Wildman–Crippen LogP) is 3.65. The minimum Gasteiger partial charge on any atom is -0.461 e. The smallest absolute Gasteiger partial charge is 0.345 e. The fourth-order valence-corrected chi connectivity index (χ4v) is 3.64. The number of esters is 1. The first-order chi connectivity index (χ1) is 17.2. The summed E-state index contributed by atoms with van der Waals surface area (Å²) in [6.45, 7) is 0.0836. The van der Waals surface area contributed by atoms with E-state index in [1.807, 2.05) is 74.5 Å². The largest absolute Gasteiger partial charge is 0.461 e. The Morgan fingerprint density at radius 2 is 1.53 bits per heavy atom. The molecule has 9 heteroatoms. The fraction of sp³-hybridized carbons (Fsp3) is 0.444. The van der Waals surface area contributed by atoms with Gasteiger partial charge in [0.2, 0.25) is 5.91 Å². The number of hydrogen-bond donors (Lipinski definition) is 2. The lowest BCUT2D eigenvalue weighted by Gasteiger charge is -2.24. The number of Topliss-reactive ketones (excluding diaryl/α,β-unsaturated/α-hetero) is 1. The SMILES string of the molecule is CC(C)C[C@H](NC(=O)[C@@H](N)COC(F)F)C(=O)C[C@@H](Cc1ccccc1)C(=O)OCc1ccccc1. The number of nitrogens with one attached hydrogen (secondary N) is 1. The lowest BCUT2D eigenvalue weighted by atomic mass is 9.89. The standard InChI is InChI=1S/C27H34F2N2O5/c1-18(2)13-23(31-25(33)22(30)17-36-27(28)29)24(32)15-21(14-19-9-5-3-6-10-19)26(34)35-16-20-11-7-4-8-12-20/h3-12,18,21-23,27H,13-17,30H2,1-2H3,(H,31,33)/t21-,22+,23+/m1/s1. The Kier molecular flexibility index (Phi) is 12.2. The number of benzene rings is 2. The average Bonchev–Trinajstić information content (AvgIpc) is 2.85. The highest BCUT2D eigenvalue weighted by molar-refractivity contribution is 5.92. The molecule has 0 fully saturated rings. The van der Waals surface area contributed by atoms with E-state index in [4.69, 9.17) is 10.5 Å². The van der Waals surface area contributed by atoms with Crippen molar-refractivity contribution in [1.29, 1.82) is 0 Å². The van der Waals surface area contributed by atoms with Gasteiger partial charge in [-0.15, -0.1) is 0 Å². The molecular weight excluding hydrogens is 470 g/mol. The van der Waals surface area contributed by atoms with Gasteiger partial charge in [-0.1, -0.05) is 74.5 Å². The van der Waals surface area contributed by atoms with Crippen LogP contribution in [0.3, 0.4) is 0 Å². The summed E-state index contributed by atoms with van der Waals surface area (Å²) >= 11 is 0. The van der Waals surface area contributed by atoms with Crippen molar-refractivity contribution in [3.05, 3.63) is 71.8 Å². The molecule has 0 aliphatic carbocycles. The van der Waals surface area contributed by atoms with E-state index in [2.05, 4.69) is 10.1 Å². The van der Waals surface area contributed by atoms with Crippen LogP contribution in [0.5, 0.6) is 0 Å². The minimum absolute atomic E-state index is 0.0328. The summed E-state index contributed by atoms with van der Waals surface area (Å²) in [4.78, 5) is 38.7. The summed E-state index contributed by atoms with van der Waals surface area (Å²) in [5, 5.41) is 2.55. The van der Waals surface area contributed by atoms with Crippen molar-refractivity contribution in [1.82, 2.24) is 5.32 Å². The van der Waals surface area contributed by atoms with Gasteiger partial charge in [0.15, 0.2) is 5.78 Å². The van der Waals surface area contributed by atoms with Crippen molar-refractivity contribution in [2.75, 3.05) is 6.61 Å². The molecule has 1 amide bonds. The Morgan fingerprint density at radius 3 is 2.08 bits per heavy atom. The van der Waals surface area contributed by atoms with Crippen molar-refractivity contribution in [2.24, 2.45) is 17.6 Å². The number of nitrogens with two attached hydrogens (primary N) is 1. The van der Waals surface area contributed by atoms with Gasteiger partial charge >= 0.3 is 12.6 Å². The van der Waals surface area contributed by atoms with Gasteiger partial charge < -0.3 is 20.5 Å². The summed E-state index contributed by atoms with van der Waals surface area (Å²) in [5.74, 6) is -2.40. The number of ether oxygens (including phenoxy) is 2. The van der Waals surface area contributed by atoms with Crippen molar-refractivity contribution in [3.8, 4) is 0 Å². The van der Waals surface area contributed by atoms with Gasteiger partial charge in [0, 0.05) is 6.42 Å². The summed E-state index contributed by atoms with van der Waals surface area (Å²) in [5.41, 5.74) is 7.32. The molecule has 2 aromatic carbocycles. The summed E-state index contributed by atoms with van der Waals surface area (Å²) in [7, 11) is 0. The Bertz CT molecular complexity index is 957. The maximum atomic E-state index is 13.3. The summed E-state index contributed by atoms with van der Waals surface area (Å²) in [6, 6.07) is 16.2. The third kappa shape index (κ3) is 10.6. The van der Waals surface area contributed by atoms with Crippen LogP contribution in [-0.2, 0) is 36.9 Å². The quantitative estimate of drug-likeness (QED) is 0.359. The number of carbonyl (C=O) groups excluding carboxylic acids is 3. The van der Waals surface area contributed by atoms with Gasteiger partial charge in [-0.25, -0.2) is 0 Å². The van der Waals surface area contributed by atoms with Crippen LogP contribution >= 0.6 is 0 Å². The molecule has 0 aliphatic rings. The molecule has 0 spiro atoms. The third-order valence-electron chi connectivity index (χ3n) is 5.48. The molecule has 0 aliphatic heterocycles. The highest BCUT2D eigenvalue weighted by Crippen LogP contribution is 2.19. The number of hydrogen-bond acceptors (Lipinski definition) is 6. The molecule has 0 saturated carbocycles. The zero-order chi connectivity index (χ0) is 26.5. The van der Waals surface area contributed by atoms with E-state index in [0.29, 0.717) is 6.42 Å².